The van der Waals surface area contributed by atoms with Crippen LogP contribution < -0.4 is 4.90 Å². The second-order valence-electron chi connectivity index (χ2n) is 5.92. The highest BCUT2D eigenvalue weighted by molar-refractivity contribution is 5.82. The summed E-state index contributed by atoms with van der Waals surface area (Å²) in [6.45, 7) is 0.932. The molecule has 4 rings (SSSR count). The third-order valence-corrected chi connectivity index (χ3v) is 4.43. The van der Waals surface area contributed by atoms with Crippen molar-refractivity contribution in [2.75, 3.05) is 32.2 Å². The van der Waals surface area contributed by atoms with Crippen LogP contribution >= 0.6 is 0 Å². The topological polar surface area (TPSA) is 64.8 Å². The molecule has 1 heterocycles. The maximum atomic E-state index is 11.1. The van der Waals surface area contributed by atoms with Gasteiger partial charge in [-0.05, 0) is 29.3 Å². The second kappa shape index (κ2) is 4.78. The smallest absolute Gasteiger partial charge is 0.269 e. The first-order valence-corrected chi connectivity index (χ1v) is 7.42. The predicted molar refractivity (Wildman–Crippen MR) is 85.5 cm³/mol. The largest absolute Gasteiger partial charge is 0.378 e. The minimum atomic E-state index is -1.03. The third-order valence-electron chi connectivity index (χ3n) is 4.43. The molecule has 0 bridgehead atoms. The van der Waals surface area contributed by atoms with Gasteiger partial charge in [-0.2, -0.15) is 0 Å². The van der Waals surface area contributed by atoms with Crippen molar-refractivity contribution in [3.63, 3.8) is 0 Å². The molecule has 0 N–H and O–H groups in total. The Kier molecular flexibility index (Phi) is 2.94. The molecule has 0 radical (unpaired) electrons. The number of nitrogens with zero attached hydrogens (tertiary/aromatic N) is 2. The summed E-state index contributed by atoms with van der Waals surface area (Å²) >= 11 is 0. The summed E-state index contributed by atoms with van der Waals surface area (Å²) in [7, 11) is 3.94. The van der Waals surface area contributed by atoms with Crippen LogP contribution in [0, 0.1) is 10.1 Å². The predicted octanol–water partition coefficient (Wildman–Crippen LogP) is 2.89. The van der Waals surface area contributed by atoms with Crippen LogP contribution in [0.1, 0.15) is 11.1 Å². The molecule has 0 atom stereocenters. The minimum absolute atomic E-state index is 0.0443. The summed E-state index contributed by atoms with van der Waals surface area (Å²) in [6.07, 6.45) is 0. The van der Waals surface area contributed by atoms with Gasteiger partial charge in [-0.15, -0.1) is 0 Å². The standard InChI is InChI=1S/C17H16N2O4/c1-18(2)11-3-5-13-14-6-4-12(19(20)21)10-16(14)17(15(13)9-11)22-7-8-23-17/h3-6,9-10H,7-8H2,1-2H3. The zero-order valence-corrected chi connectivity index (χ0v) is 12.9. The van der Waals surface area contributed by atoms with E-state index in [4.69, 9.17) is 9.47 Å². The van der Waals surface area contributed by atoms with Gasteiger partial charge in [-0.25, -0.2) is 0 Å². The normalized spacial score (nSPS) is 17.1. The van der Waals surface area contributed by atoms with E-state index in [1.54, 1.807) is 12.1 Å². The van der Waals surface area contributed by atoms with Crippen molar-refractivity contribution in [3.8, 4) is 11.1 Å². The van der Waals surface area contributed by atoms with E-state index in [-0.39, 0.29) is 5.69 Å². The monoisotopic (exact) mass is 312 g/mol. The Hall–Kier alpha value is -2.44. The molecule has 2 aromatic rings. The van der Waals surface area contributed by atoms with E-state index in [2.05, 4.69) is 0 Å². The van der Waals surface area contributed by atoms with Gasteiger partial charge in [-0.1, -0.05) is 6.07 Å². The number of anilines is 1. The molecule has 2 aliphatic rings. The van der Waals surface area contributed by atoms with Crippen molar-refractivity contribution < 1.29 is 14.4 Å². The quantitative estimate of drug-likeness (QED) is 0.630. The summed E-state index contributed by atoms with van der Waals surface area (Å²) in [5.41, 5.74) is 4.64. The molecule has 1 saturated heterocycles. The Labute approximate surface area is 133 Å². The number of nitro groups is 1. The van der Waals surface area contributed by atoms with Crippen LogP contribution in [0.4, 0.5) is 11.4 Å². The van der Waals surface area contributed by atoms with Crippen molar-refractivity contribution in [2.45, 2.75) is 5.79 Å². The molecule has 0 amide bonds. The Morgan fingerprint density at radius 2 is 1.65 bits per heavy atom. The van der Waals surface area contributed by atoms with Crippen LogP contribution in [0.5, 0.6) is 0 Å². The molecule has 0 unspecified atom stereocenters. The van der Waals surface area contributed by atoms with Gasteiger partial charge >= 0.3 is 0 Å². The lowest BCUT2D eigenvalue weighted by atomic mass is 10.0. The van der Waals surface area contributed by atoms with E-state index < -0.39 is 10.7 Å². The zero-order chi connectivity index (χ0) is 16.2. The van der Waals surface area contributed by atoms with Crippen molar-refractivity contribution in [3.05, 3.63) is 57.6 Å². The molecule has 0 saturated carbocycles. The van der Waals surface area contributed by atoms with Gasteiger partial charge in [-0.3, -0.25) is 10.1 Å². The molecular weight excluding hydrogens is 296 g/mol. The van der Waals surface area contributed by atoms with E-state index in [0.29, 0.717) is 13.2 Å². The van der Waals surface area contributed by atoms with E-state index in [9.17, 15) is 10.1 Å². The van der Waals surface area contributed by atoms with E-state index >= 15 is 0 Å². The molecule has 6 nitrogen and oxygen atoms in total. The highest BCUT2D eigenvalue weighted by Gasteiger charge is 2.49. The van der Waals surface area contributed by atoms with Crippen LogP contribution in [0.3, 0.4) is 0 Å². The molecule has 1 fully saturated rings. The van der Waals surface area contributed by atoms with Crippen molar-refractivity contribution in [2.24, 2.45) is 0 Å². The average molecular weight is 312 g/mol. The van der Waals surface area contributed by atoms with Crippen LogP contribution in [0.25, 0.3) is 11.1 Å². The molecule has 0 aromatic heterocycles. The lowest BCUT2D eigenvalue weighted by Crippen LogP contribution is -2.26. The first kappa shape index (κ1) is 14.2. The third kappa shape index (κ3) is 1.89. The fraction of sp³-hybridized carbons (Fsp3) is 0.294. The first-order valence-electron chi connectivity index (χ1n) is 7.42. The summed E-state index contributed by atoms with van der Waals surface area (Å²) in [5.74, 6) is -1.03. The lowest BCUT2D eigenvalue weighted by Gasteiger charge is -2.25. The number of hydrogen-bond donors (Lipinski definition) is 0. The fourth-order valence-electron chi connectivity index (χ4n) is 3.34. The Bertz CT molecular complexity index is 810. The fourth-order valence-corrected chi connectivity index (χ4v) is 3.34. The molecule has 1 aliphatic carbocycles. The maximum absolute atomic E-state index is 11.1. The van der Waals surface area contributed by atoms with Crippen molar-refractivity contribution in [1.82, 2.24) is 0 Å². The molecule has 1 aliphatic heterocycles. The molecule has 23 heavy (non-hydrogen) atoms. The summed E-state index contributed by atoms with van der Waals surface area (Å²) in [5, 5.41) is 11.1. The number of benzene rings is 2. The molecule has 118 valence electrons. The van der Waals surface area contributed by atoms with Gasteiger partial charge in [0.2, 0.25) is 5.79 Å². The maximum Gasteiger partial charge on any atom is 0.269 e. The van der Waals surface area contributed by atoms with Crippen LogP contribution in [0.15, 0.2) is 36.4 Å². The Balaban J connectivity index is 1.98. The molecule has 2 aromatic carbocycles. The van der Waals surface area contributed by atoms with Crippen LogP contribution in [0.2, 0.25) is 0 Å². The van der Waals surface area contributed by atoms with Gasteiger partial charge in [0.05, 0.1) is 18.1 Å². The number of hydrogen-bond acceptors (Lipinski definition) is 5. The van der Waals surface area contributed by atoms with E-state index in [1.807, 2.05) is 37.2 Å². The number of fused-ring (bicyclic) bond motifs is 5. The minimum Gasteiger partial charge on any atom is -0.378 e. The first-order chi connectivity index (χ1) is 11.0. The van der Waals surface area contributed by atoms with Crippen LogP contribution in [-0.2, 0) is 15.3 Å². The van der Waals surface area contributed by atoms with Gasteiger partial charge in [0.25, 0.3) is 5.69 Å². The van der Waals surface area contributed by atoms with Crippen LogP contribution in [-0.4, -0.2) is 32.2 Å². The second-order valence-corrected chi connectivity index (χ2v) is 5.92. The van der Waals surface area contributed by atoms with Gasteiger partial charge < -0.3 is 14.4 Å². The summed E-state index contributed by atoms with van der Waals surface area (Å²) < 4.78 is 11.9. The summed E-state index contributed by atoms with van der Waals surface area (Å²) in [4.78, 5) is 12.8. The molecule has 1 spiro atoms. The van der Waals surface area contributed by atoms with Gasteiger partial charge in [0.1, 0.15) is 0 Å². The van der Waals surface area contributed by atoms with Gasteiger partial charge in [0, 0.05) is 43.0 Å². The number of non-ortho nitro benzene ring substituents is 1. The Morgan fingerprint density at radius 3 is 2.26 bits per heavy atom. The highest BCUT2D eigenvalue weighted by atomic mass is 16.7. The number of nitro benzene ring substituents is 1. The van der Waals surface area contributed by atoms with Gasteiger partial charge in [0.15, 0.2) is 0 Å². The van der Waals surface area contributed by atoms with E-state index in [1.165, 1.54) is 6.07 Å². The lowest BCUT2D eigenvalue weighted by molar-refractivity contribution is -0.385. The van der Waals surface area contributed by atoms with Crippen molar-refractivity contribution >= 4 is 11.4 Å². The SMILES string of the molecule is CN(C)c1ccc2c(c1)C1(OCCO1)c1cc([N+](=O)[O-])ccc1-2. The average Bonchev–Trinajstić information content (AvgIpc) is 3.13. The molecule has 6 heteroatoms. The number of ether oxygens (including phenoxy) is 2. The van der Waals surface area contributed by atoms with Crippen molar-refractivity contribution in [1.29, 1.82) is 0 Å². The Morgan fingerprint density at radius 1 is 1.04 bits per heavy atom. The van der Waals surface area contributed by atoms with E-state index in [0.717, 1.165) is 27.9 Å². The zero-order valence-electron chi connectivity index (χ0n) is 12.9. The highest BCUT2D eigenvalue weighted by Crippen LogP contribution is 2.53. The summed E-state index contributed by atoms with van der Waals surface area (Å²) in [6, 6.07) is 11.0. The number of rotatable bonds is 2. The molecular formula is C17H16N2O4.